The average Bonchev–Trinajstić information content (AvgIpc) is 3.07. The van der Waals surface area contributed by atoms with E-state index >= 15 is 0 Å². The number of anilines is 1. The van der Waals surface area contributed by atoms with Crippen molar-refractivity contribution >= 4 is 34.4 Å². The first-order valence-corrected chi connectivity index (χ1v) is 6.13. The lowest BCUT2D eigenvalue weighted by Crippen LogP contribution is -2.25. The minimum atomic E-state index is -1.08. The molecular formula is C10H11N3O4S. The highest BCUT2D eigenvalue weighted by Gasteiger charge is 2.38. The van der Waals surface area contributed by atoms with Gasteiger partial charge in [-0.2, -0.15) is 0 Å². The van der Waals surface area contributed by atoms with Gasteiger partial charge < -0.3 is 15.7 Å². The average molecular weight is 269 g/mol. The summed E-state index contributed by atoms with van der Waals surface area (Å²) in [4.78, 5) is 30.6. The van der Waals surface area contributed by atoms with Crippen molar-refractivity contribution in [2.24, 2.45) is 11.1 Å². The summed E-state index contributed by atoms with van der Waals surface area (Å²) in [5.74, 6) is -1.11. The van der Waals surface area contributed by atoms with Gasteiger partial charge in [0, 0.05) is 11.3 Å². The number of hydrogen-bond acceptors (Lipinski definition) is 7. The van der Waals surface area contributed by atoms with Crippen LogP contribution in [0.3, 0.4) is 0 Å². The van der Waals surface area contributed by atoms with Gasteiger partial charge in [0.05, 0.1) is 0 Å². The number of carbonyl (C=O) groups excluding carboxylic acids is 1. The van der Waals surface area contributed by atoms with E-state index < -0.39 is 12.1 Å². The molecule has 1 heterocycles. The van der Waals surface area contributed by atoms with Crippen molar-refractivity contribution in [3.63, 3.8) is 0 Å². The van der Waals surface area contributed by atoms with Gasteiger partial charge in [-0.25, -0.2) is 9.78 Å². The minimum absolute atomic E-state index is 0.0281. The molecule has 18 heavy (non-hydrogen) atoms. The Labute approximate surface area is 106 Å². The van der Waals surface area contributed by atoms with Gasteiger partial charge in [0.15, 0.2) is 17.1 Å². The van der Waals surface area contributed by atoms with Crippen molar-refractivity contribution in [1.29, 1.82) is 0 Å². The van der Waals surface area contributed by atoms with Crippen molar-refractivity contribution in [1.82, 2.24) is 4.98 Å². The largest absolute Gasteiger partial charge is 0.478 e. The summed E-state index contributed by atoms with van der Waals surface area (Å²) >= 11 is 1.16. The molecule has 1 aromatic heterocycles. The predicted molar refractivity (Wildman–Crippen MR) is 64.4 cm³/mol. The van der Waals surface area contributed by atoms with E-state index in [1.54, 1.807) is 5.38 Å². The van der Waals surface area contributed by atoms with Crippen molar-refractivity contribution in [2.45, 2.75) is 18.9 Å². The Kier molecular flexibility index (Phi) is 3.56. The van der Waals surface area contributed by atoms with Crippen molar-refractivity contribution < 1.29 is 19.5 Å². The summed E-state index contributed by atoms with van der Waals surface area (Å²) in [5, 5.41) is 14.3. The smallest absolute Gasteiger partial charge is 0.348 e. The number of oxime groups is 1. The molecule has 1 atom stereocenters. The fraction of sp³-hybridized carbons (Fsp3) is 0.400. The quantitative estimate of drug-likeness (QED) is 0.441. The monoisotopic (exact) mass is 269 g/mol. The molecule has 1 unspecified atom stereocenters. The zero-order chi connectivity index (χ0) is 13.1. The van der Waals surface area contributed by atoms with Crippen LogP contribution < -0.4 is 5.73 Å². The van der Waals surface area contributed by atoms with Gasteiger partial charge in [-0.1, -0.05) is 5.16 Å². The Bertz CT molecular complexity index is 495. The Hall–Kier alpha value is -1.96. The summed E-state index contributed by atoms with van der Waals surface area (Å²) in [7, 11) is 0. The van der Waals surface area contributed by atoms with Gasteiger partial charge in [0.25, 0.3) is 0 Å². The molecule has 1 aliphatic carbocycles. The van der Waals surface area contributed by atoms with Gasteiger partial charge in [0.1, 0.15) is 5.69 Å². The Morgan fingerprint density at radius 1 is 1.72 bits per heavy atom. The topological polar surface area (TPSA) is 115 Å². The second kappa shape index (κ2) is 5.13. The molecule has 0 radical (unpaired) electrons. The normalized spacial score (nSPS) is 17.2. The first-order chi connectivity index (χ1) is 8.61. The van der Waals surface area contributed by atoms with Crippen molar-refractivity contribution in [3.05, 3.63) is 11.1 Å². The van der Waals surface area contributed by atoms with E-state index in [9.17, 15) is 9.59 Å². The fourth-order valence-corrected chi connectivity index (χ4v) is 1.94. The molecule has 0 spiro atoms. The number of hydrogen-bond donors (Lipinski definition) is 2. The van der Waals surface area contributed by atoms with E-state index in [-0.39, 0.29) is 17.3 Å². The molecule has 96 valence electrons. The minimum Gasteiger partial charge on any atom is -0.478 e. The maximum Gasteiger partial charge on any atom is 0.348 e. The van der Waals surface area contributed by atoms with E-state index in [0.717, 1.165) is 24.2 Å². The van der Waals surface area contributed by atoms with Gasteiger partial charge in [-0.15, -0.1) is 11.3 Å². The van der Waals surface area contributed by atoms with E-state index in [1.807, 2.05) is 0 Å². The maximum atomic E-state index is 10.9. The zero-order valence-corrected chi connectivity index (χ0v) is 10.1. The summed E-state index contributed by atoms with van der Waals surface area (Å²) < 4.78 is 0. The van der Waals surface area contributed by atoms with Crippen LogP contribution in [0.15, 0.2) is 10.5 Å². The number of rotatable bonds is 6. The van der Waals surface area contributed by atoms with E-state index in [0.29, 0.717) is 11.4 Å². The van der Waals surface area contributed by atoms with Crippen LogP contribution in [-0.2, 0) is 14.4 Å². The number of nitrogens with zero attached hydrogens (tertiary/aromatic N) is 2. The molecule has 1 saturated carbocycles. The third-order valence-electron chi connectivity index (χ3n) is 2.45. The molecule has 7 nitrogen and oxygen atoms in total. The predicted octanol–water partition coefficient (Wildman–Crippen LogP) is 0.508. The second-order valence-electron chi connectivity index (χ2n) is 3.87. The van der Waals surface area contributed by atoms with Gasteiger partial charge in [-0.3, -0.25) is 4.79 Å². The SMILES string of the molecule is Nc1nc(C(C=O)=NOC(C(=O)O)C2CC2)cs1. The summed E-state index contributed by atoms with van der Waals surface area (Å²) in [6.45, 7) is 0. The first-order valence-electron chi connectivity index (χ1n) is 5.25. The molecule has 0 bridgehead atoms. The third-order valence-corrected chi connectivity index (χ3v) is 3.13. The molecule has 1 aromatic rings. The lowest BCUT2D eigenvalue weighted by molar-refractivity contribution is -0.151. The third kappa shape index (κ3) is 2.83. The second-order valence-corrected chi connectivity index (χ2v) is 4.76. The molecule has 2 rings (SSSR count). The van der Waals surface area contributed by atoms with E-state index in [2.05, 4.69) is 10.1 Å². The van der Waals surface area contributed by atoms with Crippen LogP contribution >= 0.6 is 11.3 Å². The number of nitrogen functional groups attached to an aromatic ring is 1. The summed E-state index contributed by atoms with van der Waals surface area (Å²) in [6.07, 6.45) is 1.05. The number of aromatic nitrogens is 1. The van der Waals surface area contributed by atoms with E-state index in [1.165, 1.54) is 0 Å². The molecule has 8 heteroatoms. The van der Waals surface area contributed by atoms with Crippen molar-refractivity contribution in [3.8, 4) is 0 Å². The number of carboxylic acid groups (broad SMARTS) is 1. The summed E-state index contributed by atoms with van der Waals surface area (Å²) in [5.41, 5.74) is 5.66. The standard InChI is InChI=1S/C10H11N3O4S/c11-10-12-7(4-18-10)6(3-14)13-17-8(9(15)16)5-1-2-5/h3-5,8H,1-2H2,(H2,11,12)(H,15,16). The highest BCUT2D eigenvalue weighted by atomic mass is 32.1. The number of thiazole rings is 1. The fourth-order valence-electron chi connectivity index (χ4n) is 1.38. The Morgan fingerprint density at radius 2 is 2.44 bits per heavy atom. The van der Waals surface area contributed by atoms with Gasteiger partial charge in [0.2, 0.25) is 6.10 Å². The highest BCUT2D eigenvalue weighted by Crippen LogP contribution is 2.34. The van der Waals surface area contributed by atoms with Crippen molar-refractivity contribution in [2.75, 3.05) is 5.73 Å². The molecule has 0 aromatic carbocycles. The van der Waals surface area contributed by atoms with Crippen LogP contribution in [-0.4, -0.2) is 34.2 Å². The van der Waals surface area contributed by atoms with Crippen LogP contribution in [0.25, 0.3) is 0 Å². The molecule has 0 aliphatic heterocycles. The van der Waals surface area contributed by atoms with E-state index in [4.69, 9.17) is 15.7 Å². The Balaban J connectivity index is 2.09. The van der Waals surface area contributed by atoms with Gasteiger partial charge in [-0.05, 0) is 12.8 Å². The van der Waals surface area contributed by atoms with Crippen LogP contribution in [0, 0.1) is 5.92 Å². The molecule has 0 saturated heterocycles. The number of nitrogens with two attached hydrogens (primary N) is 1. The lowest BCUT2D eigenvalue weighted by Gasteiger charge is -2.08. The summed E-state index contributed by atoms with van der Waals surface area (Å²) in [6, 6.07) is 0. The molecular weight excluding hydrogens is 258 g/mol. The molecule has 3 N–H and O–H groups in total. The molecule has 0 amide bonds. The number of aliphatic carboxylic acids is 1. The number of carboxylic acids is 1. The lowest BCUT2D eigenvalue weighted by atomic mass is 10.2. The zero-order valence-electron chi connectivity index (χ0n) is 9.28. The maximum absolute atomic E-state index is 10.9. The van der Waals surface area contributed by atoms with Crippen LogP contribution in [0.5, 0.6) is 0 Å². The highest BCUT2D eigenvalue weighted by molar-refractivity contribution is 7.13. The number of carbonyl (C=O) groups is 2. The molecule has 1 aliphatic rings. The van der Waals surface area contributed by atoms with Crippen LogP contribution in [0.2, 0.25) is 0 Å². The van der Waals surface area contributed by atoms with Crippen LogP contribution in [0.1, 0.15) is 18.5 Å². The molecule has 1 fully saturated rings. The number of aldehydes is 1. The van der Waals surface area contributed by atoms with Gasteiger partial charge >= 0.3 is 5.97 Å². The Morgan fingerprint density at radius 3 is 2.89 bits per heavy atom. The first kappa shape index (κ1) is 12.5. The van der Waals surface area contributed by atoms with Crippen LogP contribution in [0.4, 0.5) is 5.13 Å².